The number of aromatic nitrogens is 1. The fraction of sp³-hybridized carbons (Fsp3) is 0.125. The molecule has 90 valence electrons. The van der Waals surface area contributed by atoms with E-state index in [1.165, 1.54) is 6.07 Å². The molecule has 1 heterocycles. The van der Waals surface area contributed by atoms with Crippen LogP contribution >= 0.6 is 0 Å². The highest BCUT2D eigenvalue weighted by atomic mass is 19.4. The number of nitrogens with zero attached hydrogens (tertiary/aromatic N) is 2. The van der Waals surface area contributed by atoms with Gasteiger partial charge in [-0.05, 0) is 6.07 Å². The first kappa shape index (κ1) is 12.6. The molecule has 0 saturated carbocycles. The fourth-order valence-electron chi connectivity index (χ4n) is 0.942. The summed E-state index contributed by atoms with van der Waals surface area (Å²) in [5.74, 6) is -2.93. The van der Waals surface area contributed by atoms with E-state index in [0.29, 0.717) is 6.07 Å². The maximum Gasteiger partial charge on any atom is 0.574 e. The molecule has 0 amide bonds. The average Bonchev–Trinajstić information content (AvgIpc) is 2.17. The van der Waals surface area contributed by atoms with Crippen molar-refractivity contribution < 1.29 is 27.8 Å². The third-order valence-corrected chi connectivity index (χ3v) is 1.57. The number of rotatable bonds is 2. The van der Waals surface area contributed by atoms with Gasteiger partial charge in [-0.3, -0.25) is 0 Å². The van der Waals surface area contributed by atoms with Crippen molar-refractivity contribution in [1.29, 1.82) is 5.26 Å². The second kappa shape index (κ2) is 4.17. The Morgan fingerprint density at radius 1 is 1.59 bits per heavy atom. The lowest BCUT2D eigenvalue weighted by atomic mass is 10.2. The Labute approximate surface area is 92.0 Å². The number of halogens is 3. The van der Waals surface area contributed by atoms with Gasteiger partial charge in [0.05, 0.1) is 5.69 Å². The van der Waals surface area contributed by atoms with Gasteiger partial charge in [0.1, 0.15) is 11.6 Å². The number of alkyl halides is 3. The molecular weight excluding hydrogens is 243 g/mol. The van der Waals surface area contributed by atoms with Crippen molar-refractivity contribution in [2.24, 2.45) is 0 Å². The number of nitrogens with two attached hydrogens (primary N) is 1. The summed E-state index contributed by atoms with van der Waals surface area (Å²) in [6, 6.07) is 2.09. The van der Waals surface area contributed by atoms with Crippen molar-refractivity contribution in [2.45, 2.75) is 6.36 Å². The molecule has 1 aromatic heterocycles. The minimum atomic E-state index is -5.11. The van der Waals surface area contributed by atoms with Crippen LogP contribution in [0.1, 0.15) is 16.1 Å². The van der Waals surface area contributed by atoms with Gasteiger partial charge < -0.3 is 15.6 Å². The minimum Gasteiger partial charge on any atom is -0.477 e. The first-order valence-electron chi connectivity index (χ1n) is 3.94. The summed E-state index contributed by atoms with van der Waals surface area (Å²) < 4.78 is 39.2. The van der Waals surface area contributed by atoms with Gasteiger partial charge in [-0.25, -0.2) is 4.79 Å². The smallest absolute Gasteiger partial charge is 0.477 e. The number of carbonyl (C=O) groups is 1. The first-order chi connectivity index (χ1) is 7.74. The molecule has 6 nitrogen and oxygen atoms in total. The molecule has 1 aromatic rings. The topological polar surface area (TPSA) is 109 Å². The van der Waals surface area contributed by atoms with Crippen LogP contribution in [0.4, 0.5) is 18.9 Å². The highest BCUT2D eigenvalue weighted by molar-refractivity contribution is 5.91. The van der Waals surface area contributed by atoms with Crippen molar-refractivity contribution in [3.8, 4) is 11.9 Å². The van der Waals surface area contributed by atoms with Crippen LogP contribution in [0, 0.1) is 11.3 Å². The zero-order chi connectivity index (χ0) is 13.2. The summed E-state index contributed by atoms with van der Waals surface area (Å²) >= 11 is 0. The predicted octanol–water partition coefficient (Wildman–Crippen LogP) is 1.13. The van der Waals surface area contributed by atoms with Gasteiger partial charge in [-0.15, -0.1) is 13.2 Å². The van der Waals surface area contributed by atoms with Crippen molar-refractivity contribution in [2.75, 3.05) is 5.73 Å². The maximum atomic E-state index is 12.0. The second-order valence-electron chi connectivity index (χ2n) is 2.74. The third-order valence-electron chi connectivity index (χ3n) is 1.57. The van der Waals surface area contributed by atoms with Gasteiger partial charge in [0, 0.05) is 0 Å². The standard InChI is InChI=1S/C8H4F3N3O3/c9-8(10,11)17-6-3(7(15)16)1-4(13)5(2-12)14-6/h1H,13H2,(H,15,16). The first-order valence-corrected chi connectivity index (χ1v) is 3.94. The molecule has 17 heavy (non-hydrogen) atoms. The molecule has 9 heteroatoms. The molecule has 1 rings (SSSR count). The molecule has 0 fully saturated rings. The molecule has 0 spiro atoms. The third kappa shape index (κ3) is 2.97. The van der Waals surface area contributed by atoms with E-state index in [0.717, 1.165) is 0 Å². The van der Waals surface area contributed by atoms with Crippen LogP contribution in [0.15, 0.2) is 6.07 Å². The predicted molar refractivity (Wildman–Crippen MR) is 47.0 cm³/mol. The van der Waals surface area contributed by atoms with Crippen LogP contribution in [0.2, 0.25) is 0 Å². The number of carboxylic acids is 1. The molecule has 0 aromatic carbocycles. The van der Waals surface area contributed by atoms with E-state index in [1.807, 2.05) is 0 Å². The van der Waals surface area contributed by atoms with Gasteiger partial charge in [0.2, 0.25) is 5.88 Å². The minimum absolute atomic E-state index is 0.348. The lowest BCUT2D eigenvalue weighted by Gasteiger charge is -2.11. The van der Waals surface area contributed by atoms with Crippen molar-refractivity contribution in [3.05, 3.63) is 17.3 Å². The van der Waals surface area contributed by atoms with E-state index in [9.17, 15) is 18.0 Å². The maximum absolute atomic E-state index is 12.0. The zero-order valence-electron chi connectivity index (χ0n) is 7.95. The van der Waals surface area contributed by atoms with E-state index >= 15 is 0 Å². The van der Waals surface area contributed by atoms with Crippen molar-refractivity contribution in [3.63, 3.8) is 0 Å². The monoisotopic (exact) mass is 247 g/mol. The van der Waals surface area contributed by atoms with E-state index in [4.69, 9.17) is 16.1 Å². The summed E-state index contributed by atoms with van der Waals surface area (Å²) in [6.45, 7) is 0. The largest absolute Gasteiger partial charge is 0.574 e. The summed E-state index contributed by atoms with van der Waals surface area (Å²) in [5.41, 5.74) is 3.45. The molecular formula is C8H4F3N3O3. The molecule has 0 aliphatic heterocycles. The highest BCUT2D eigenvalue weighted by Gasteiger charge is 2.34. The Morgan fingerprint density at radius 2 is 2.18 bits per heavy atom. The van der Waals surface area contributed by atoms with Crippen LogP contribution in [0.25, 0.3) is 0 Å². The second-order valence-corrected chi connectivity index (χ2v) is 2.74. The van der Waals surface area contributed by atoms with E-state index in [2.05, 4.69) is 9.72 Å². The Bertz CT molecular complexity index is 507. The summed E-state index contributed by atoms with van der Waals surface area (Å²) in [5, 5.41) is 17.1. The molecule has 0 bridgehead atoms. The van der Waals surface area contributed by atoms with Gasteiger partial charge in [0.15, 0.2) is 5.69 Å². The average molecular weight is 247 g/mol. The summed E-state index contributed by atoms with van der Waals surface area (Å²) in [7, 11) is 0. The number of anilines is 1. The van der Waals surface area contributed by atoms with Crippen LogP contribution in [-0.2, 0) is 0 Å². The van der Waals surface area contributed by atoms with Crippen LogP contribution in [0.5, 0.6) is 5.88 Å². The number of hydrogen-bond acceptors (Lipinski definition) is 5. The Kier molecular flexibility index (Phi) is 3.08. The molecule has 0 aliphatic rings. The number of ether oxygens (including phenoxy) is 1. The van der Waals surface area contributed by atoms with Crippen LogP contribution in [0.3, 0.4) is 0 Å². The Balaban J connectivity index is 3.35. The van der Waals surface area contributed by atoms with Gasteiger partial charge in [0.25, 0.3) is 0 Å². The van der Waals surface area contributed by atoms with Crippen LogP contribution in [-0.4, -0.2) is 22.4 Å². The molecule has 0 saturated heterocycles. The highest BCUT2D eigenvalue weighted by Crippen LogP contribution is 2.27. The SMILES string of the molecule is N#Cc1nc(OC(F)(F)F)c(C(=O)O)cc1N. The fourth-order valence-corrected chi connectivity index (χ4v) is 0.942. The van der Waals surface area contributed by atoms with E-state index in [-0.39, 0.29) is 5.69 Å². The van der Waals surface area contributed by atoms with Gasteiger partial charge in [-0.1, -0.05) is 0 Å². The number of aromatic carboxylic acids is 1. The zero-order valence-corrected chi connectivity index (χ0v) is 7.95. The number of nitrogen functional groups attached to an aromatic ring is 1. The van der Waals surface area contributed by atoms with Crippen molar-refractivity contribution >= 4 is 11.7 Å². The summed E-state index contributed by atoms with van der Waals surface area (Å²) in [6.07, 6.45) is -5.11. The molecule has 0 unspecified atom stereocenters. The quantitative estimate of drug-likeness (QED) is 0.810. The lowest BCUT2D eigenvalue weighted by molar-refractivity contribution is -0.276. The molecule has 0 atom stereocenters. The number of pyridine rings is 1. The van der Waals surface area contributed by atoms with Gasteiger partial charge in [-0.2, -0.15) is 10.2 Å². The number of nitriles is 1. The molecule has 0 radical (unpaired) electrons. The Hall–Kier alpha value is -2.50. The lowest BCUT2D eigenvalue weighted by Crippen LogP contribution is -2.20. The van der Waals surface area contributed by atoms with E-state index < -0.39 is 29.5 Å². The van der Waals surface area contributed by atoms with E-state index in [1.54, 1.807) is 0 Å². The molecule has 3 N–H and O–H groups in total. The van der Waals surface area contributed by atoms with Gasteiger partial charge >= 0.3 is 12.3 Å². The summed E-state index contributed by atoms with van der Waals surface area (Å²) in [4.78, 5) is 13.7. The normalized spacial score (nSPS) is 10.7. The Morgan fingerprint density at radius 3 is 2.59 bits per heavy atom. The molecule has 0 aliphatic carbocycles. The van der Waals surface area contributed by atoms with Crippen molar-refractivity contribution in [1.82, 2.24) is 4.98 Å². The number of hydrogen-bond donors (Lipinski definition) is 2. The van der Waals surface area contributed by atoms with Crippen LogP contribution < -0.4 is 10.5 Å². The number of carboxylic acid groups (broad SMARTS) is 1.